The molecule has 6 rings (SSSR count). The van der Waals surface area contributed by atoms with Crippen LogP contribution in [-0.4, -0.2) is 75.2 Å². The second kappa shape index (κ2) is 11.7. The molecule has 1 amide bonds. The van der Waals surface area contributed by atoms with Gasteiger partial charge >= 0.3 is 0 Å². The largest absolute Gasteiger partial charge is 0.493 e. The standard InChI is InChI=1S/C32H34F2N4O6S/c1-32(2)26-20(19-37(31(32)39)29-27(33)24(42-3)17-25(43-4)28(29)34)18-35-30-23(26)16-21(10-11-36-12-14-44-15-13-36)38(30)45(40,41)22-8-6-5-7-9-22/h5-9,16-18H,10-15,19H2,1-4H3. The summed E-state index contributed by atoms with van der Waals surface area (Å²) in [6, 6.07) is 11.0. The van der Waals surface area contributed by atoms with Crippen LogP contribution in [-0.2, 0) is 37.9 Å². The maximum absolute atomic E-state index is 15.6. The van der Waals surface area contributed by atoms with Crippen molar-refractivity contribution in [1.29, 1.82) is 0 Å². The lowest BCUT2D eigenvalue weighted by Crippen LogP contribution is -2.48. The predicted octanol–water partition coefficient (Wildman–Crippen LogP) is 4.27. The molecule has 0 radical (unpaired) electrons. The molecule has 0 aliphatic carbocycles. The van der Waals surface area contributed by atoms with Crippen LogP contribution in [0.2, 0.25) is 0 Å². The van der Waals surface area contributed by atoms with Gasteiger partial charge < -0.3 is 19.1 Å². The van der Waals surface area contributed by atoms with E-state index in [1.54, 1.807) is 38.1 Å². The lowest BCUT2D eigenvalue weighted by molar-refractivity contribution is -0.123. The molecule has 2 aromatic heterocycles. The van der Waals surface area contributed by atoms with Crippen molar-refractivity contribution in [3.63, 3.8) is 0 Å². The van der Waals surface area contributed by atoms with E-state index in [0.29, 0.717) is 48.4 Å². The second-order valence-electron chi connectivity index (χ2n) is 11.6. The zero-order valence-electron chi connectivity index (χ0n) is 25.5. The Labute approximate surface area is 260 Å². The number of fused-ring (bicyclic) bond motifs is 3. The third kappa shape index (κ3) is 5.12. The number of ether oxygens (including phenoxy) is 3. The topological polar surface area (TPSA) is 103 Å². The number of rotatable bonds is 8. The molecular formula is C32H34F2N4O6S. The molecule has 0 bridgehead atoms. The molecule has 2 aliphatic rings. The number of hydrogen-bond donors (Lipinski definition) is 0. The number of hydrogen-bond acceptors (Lipinski definition) is 8. The quantitative estimate of drug-likeness (QED) is 0.282. The molecule has 1 saturated heterocycles. The summed E-state index contributed by atoms with van der Waals surface area (Å²) in [6.07, 6.45) is 1.88. The number of morpholine rings is 1. The van der Waals surface area contributed by atoms with E-state index in [-0.39, 0.29) is 28.6 Å². The first kappa shape index (κ1) is 30.9. The Morgan fingerprint density at radius 1 is 1.00 bits per heavy atom. The number of anilines is 1. The average Bonchev–Trinajstić information content (AvgIpc) is 3.42. The fraction of sp³-hybridized carbons (Fsp3) is 0.375. The van der Waals surface area contributed by atoms with E-state index < -0.39 is 38.7 Å². The minimum atomic E-state index is -4.07. The minimum absolute atomic E-state index is 0.106. The van der Waals surface area contributed by atoms with Crippen molar-refractivity contribution in [2.24, 2.45) is 0 Å². The smallest absolute Gasteiger partial charge is 0.269 e. The summed E-state index contributed by atoms with van der Waals surface area (Å²) in [5.41, 5.74) is -0.134. The number of aromatic nitrogens is 2. The summed E-state index contributed by atoms with van der Waals surface area (Å²) in [5, 5.41) is 0.492. The van der Waals surface area contributed by atoms with Gasteiger partial charge in [-0.15, -0.1) is 0 Å². The molecule has 0 N–H and O–H groups in total. The fourth-order valence-corrected chi connectivity index (χ4v) is 7.83. The number of carbonyl (C=O) groups excluding carboxylic acids is 1. The zero-order valence-corrected chi connectivity index (χ0v) is 26.3. The summed E-state index contributed by atoms with van der Waals surface area (Å²) in [5.74, 6) is -3.21. The number of methoxy groups -OCH3 is 2. The van der Waals surface area contributed by atoms with E-state index in [1.807, 2.05) is 0 Å². The Kier molecular flexibility index (Phi) is 8.04. The Hall–Kier alpha value is -4.07. The molecule has 13 heteroatoms. The molecule has 10 nitrogen and oxygen atoms in total. The minimum Gasteiger partial charge on any atom is -0.493 e. The van der Waals surface area contributed by atoms with Crippen LogP contribution in [0.1, 0.15) is 30.7 Å². The van der Waals surface area contributed by atoms with Crippen LogP contribution in [0.15, 0.2) is 53.6 Å². The fourth-order valence-electron chi connectivity index (χ4n) is 6.29. The van der Waals surface area contributed by atoms with Gasteiger partial charge in [0.1, 0.15) is 5.69 Å². The maximum Gasteiger partial charge on any atom is 0.269 e. The molecule has 0 unspecified atom stereocenters. The molecule has 1 fully saturated rings. The van der Waals surface area contributed by atoms with E-state index in [1.165, 1.54) is 36.5 Å². The second-order valence-corrected chi connectivity index (χ2v) is 13.4. The molecule has 45 heavy (non-hydrogen) atoms. The van der Waals surface area contributed by atoms with E-state index in [0.717, 1.165) is 24.1 Å². The molecule has 4 aromatic rings. The molecule has 0 saturated carbocycles. The van der Waals surface area contributed by atoms with Gasteiger partial charge in [-0.3, -0.25) is 9.69 Å². The van der Waals surface area contributed by atoms with Crippen LogP contribution >= 0.6 is 0 Å². The summed E-state index contributed by atoms with van der Waals surface area (Å²) in [6.45, 7) is 6.38. The summed E-state index contributed by atoms with van der Waals surface area (Å²) >= 11 is 0. The van der Waals surface area contributed by atoms with Gasteiger partial charge in [-0.1, -0.05) is 18.2 Å². The lowest BCUT2D eigenvalue weighted by Gasteiger charge is -2.39. The Morgan fingerprint density at radius 3 is 2.27 bits per heavy atom. The van der Waals surface area contributed by atoms with Crippen molar-refractivity contribution >= 4 is 32.7 Å². The van der Waals surface area contributed by atoms with Crippen molar-refractivity contribution in [3.05, 3.63) is 77.1 Å². The summed E-state index contributed by atoms with van der Waals surface area (Å²) in [7, 11) is -1.60. The number of pyridine rings is 1. The van der Waals surface area contributed by atoms with E-state index in [9.17, 15) is 13.2 Å². The van der Waals surface area contributed by atoms with Crippen LogP contribution in [0.3, 0.4) is 0 Å². The van der Waals surface area contributed by atoms with E-state index in [2.05, 4.69) is 9.88 Å². The highest BCUT2D eigenvalue weighted by molar-refractivity contribution is 7.90. The van der Waals surface area contributed by atoms with Crippen molar-refractivity contribution in [1.82, 2.24) is 13.9 Å². The van der Waals surface area contributed by atoms with Gasteiger partial charge in [-0.05, 0) is 43.2 Å². The summed E-state index contributed by atoms with van der Waals surface area (Å²) in [4.78, 5) is 22.1. The van der Waals surface area contributed by atoms with Crippen LogP contribution in [0.4, 0.5) is 14.5 Å². The van der Waals surface area contributed by atoms with Gasteiger partial charge in [0.2, 0.25) is 5.91 Å². The molecule has 2 aromatic carbocycles. The van der Waals surface area contributed by atoms with Gasteiger partial charge in [0.25, 0.3) is 10.0 Å². The number of benzene rings is 2. The molecular weight excluding hydrogens is 606 g/mol. The number of amides is 1. The van der Waals surface area contributed by atoms with Gasteiger partial charge in [-0.2, -0.15) is 0 Å². The highest BCUT2D eigenvalue weighted by Gasteiger charge is 2.45. The van der Waals surface area contributed by atoms with Crippen LogP contribution in [0.5, 0.6) is 11.5 Å². The van der Waals surface area contributed by atoms with Gasteiger partial charge in [0.05, 0.1) is 44.3 Å². The maximum atomic E-state index is 15.6. The molecule has 238 valence electrons. The zero-order chi connectivity index (χ0) is 32.1. The predicted molar refractivity (Wildman–Crippen MR) is 163 cm³/mol. The van der Waals surface area contributed by atoms with Crippen molar-refractivity contribution < 1.29 is 36.2 Å². The number of nitrogens with zero attached hydrogens (tertiary/aromatic N) is 4. The SMILES string of the molecule is COc1cc(OC)c(F)c(N2Cc3cnc4c(cc(CCN5CCOCC5)n4S(=O)(=O)c4ccccc4)c3C(C)(C)C2=O)c1F. The first-order valence-corrected chi connectivity index (χ1v) is 16.0. The van der Waals surface area contributed by atoms with Crippen molar-refractivity contribution in [2.75, 3.05) is 52.0 Å². The van der Waals surface area contributed by atoms with Crippen molar-refractivity contribution in [3.8, 4) is 11.5 Å². The third-order valence-electron chi connectivity index (χ3n) is 8.56. The Bertz CT molecular complexity index is 1860. The molecule has 4 heterocycles. The molecule has 0 spiro atoms. The van der Waals surface area contributed by atoms with Crippen LogP contribution < -0.4 is 14.4 Å². The third-order valence-corrected chi connectivity index (χ3v) is 10.3. The first-order valence-electron chi connectivity index (χ1n) is 14.6. The molecule has 0 atom stereocenters. The lowest BCUT2D eigenvalue weighted by atomic mass is 9.76. The van der Waals surface area contributed by atoms with Crippen LogP contribution in [0, 0.1) is 11.6 Å². The van der Waals surface area contributed by atoms with Crippen molar-refractivity contribution in [2.45, 2.75) is 37.1 Å². The number of halogens is 2. The monoisotopic (exact) mass is 640 g/mol. The summed E-state index contributed by atoms with van der Waals surface area (Å²) < 4.78 is 76.3. The van der Waals surface area contributed by atoms with Gasteiger partial charge in [0.15, 0.2) is 28.8 Å². The first-order chi connectivity index (χ1) is 21.5. The highest BCUT2D eigenvalue weighted by atomic mass is 32.2. The average molecular weight is 641 g/mol. The highest BCUT2D eigenvalue weighted by Crippen LogP contribution is 2.45. The number of carbonyl (C=O) groups is 1. The molecule has 2 aliphatic heterocycles. The van der Waals surface area contributed by atoms with Gasteiger partial charge in [-0.25, -0.2) is 26.2 Å². The Morgan fingerprint density at radius 2 is 1.64 bits per heavy atom. The van der Waals surface area contributed by atoms with Crippen LogP contribution in [0.25, 0.3) is 11.0 Å². The van der Waals surface area contributed by atoms with Gasteiger partial charge in [0, 0.05) is 49.4 Å². The van der Waals surface area contributed by atoms with E-state index >= 15 is 8.78 Å². The normalized spacial score (nSPS) is 17.0. The Balaban J connectivity index is 1.52. The van der Waals surface area contributed by atoms with E-state index in [4.69, 9.17) is 14.2 Å².